The maximum atomic E-state index is 12.2. The lowest BCUT2D eigenvalue weighted by molar-refractivity contribution is -0.136. The Labute approximate surface area is 134 Å². The van der Waals surface area contributed by atoms with Crippen molar-refractivity contribution in [1.82, 2.24) is 5.32 Å². The zero-order chi connectivity index (χ0) is 15.4. The zero-order valence-electron chi connectivity index (χ0n) is 11.3. The van der Waals surface area contributed by atoms with Crippen molar-refractivity contribution in [2.24, 2.45) is 0 Å². The molecule has 0 saturated heterocycles. The minimum atomic E-state index is -1.03. The smallest absolute Gasteiger partial charge is 0.311 e. The number of aliphatic carboxylic acids is 1. The van der Waals surface area contributed by atoms with Crippen LogP contribution in [0.15, 0.2) is 26.6 Å². The van der Waals surface area contributed by atoms with Gasteiger partial charge in [-0.2, -0.15) is 0 Å². The number of carboxylic acids is 1. The molecule has 2 aromatic rings. The molecule has 0 aromatic carbocycles. The van der Waals surface area contributed by atoms with E-state index in [0.29, 0.717) is 17.7 Å². The minimum Gasteiger partial charge on any atom is -0.481 e. The number of halogens is 1. The third kappa shape index (κ3) is 4.18. The summed E-state index contributed by atoms with van der Waals surface area (Å²) in [5.41, 5.74) is 0.965. The lowest BCUT2D eigenvalue weighted by Crippen LogP contribution is -2.27. The SMILES string of the molecule is Cc1coc(CC(=O)O)c1C(=O)NCCc1ccc(Br)s1. The first-order valence-electron chi connectivity index (χ1n) is 6.28. The van der Waals surface area contributed by atoms with Gasteiger partial charge in [-0.3, -0.25) is 9.59 Å². The molecule has 0 unspecified atom stereocenters. The Morgan fingerprint density at radius 1 is 1.43 bits per heavy atom. The average molecular weight is 372 g/mol. The van der Waals surface area contributed by atoms with Gasteiger partial charge in [0.25, 0.3) is 5.91 Å². The quantitative estimate of drug-likeness (QED) is 0.817. The second-order valence-electron chi connectivity index (χ2n) is 4.50. The van der Waals surface area contributed by atoms with E-state index in [0.717, 1.165) is 15.1 Å². The van der Waals surface area contributed by atoms with Crippen LogP contribution in [0, 0.1) is 6.92 Å². The topological polar surface area (TPSA) is 79.5 Å². The molecule has 0 spiro atoms. The summed E-state index contributed by atoms with van der Waals surface area (Å²) in [6.45, 7) is 2.21. The van der Waals surface area contributed by atoms with Crippen LogP contribution in [0.25, 0.3) is 0 Å². The summed E-state index contributed by atoms with van der Waals surface area (Å²) in [6, 6.07) is 3.97. The van der Waals surface area contributed by atoms with Gasteiger partial charge < -0.3 is 14.8 Å². The van der Waals surface area contributed by atoms with Crippen LogP contribution in [-0.4, -0.2) is 23.5 Å². The van der Waals surface area contributed by atoms with Gasteiger partial charge in [0.2, 0.25) is 0 Å². The monoisotopic (exact) mass is 371 g/mol. The molecular weight excluding hydrogens is 358 g/mol. The van der Waals surface area contributed by atoms with Gasteiger partial charge in [-0.05, 0) is 41.4 Å². The number of hydrogen-bond acceptors (Lipinski definition) is 4. The van der Waals surface area contributed by atoms with E-state index in [1.165, 1.54) is 6.26 Å². The van der Waals surface area contributed by atoms with Crippen LogP contribution >= 0.6 is 27.3 Å². The van der Waals surface area contributed by atoms with Crippen molar-refractivity contribution in [3.05, 3.63) is 43.9 Å². The third-order valence-electron chi connectivity index (χ3n) is 2.88. The Morgan fingerprint density at radius 2 is 2.19 bits per heavy atom. The lowest BCUT2D eigenvalue weighted by Gasteiger charge is -2.05. The second-order valence-corrected chi connectivity index (χ2v) is 7.05. The number of hydrogen-bond donors (Lipinski definition) is 2. The summed E-state index contributed by atoms with van der Waals surface area (Å²) < 4.78 is 6.20. The van der Waals surface area contributed by atoms with Crippen molar-refractivity contribution < 1.29 is 19.1 Å². The molecule has 0 aliphatic carbocycles. The summed E-state index contributed by atoms with van der Waals surface area (Å²) in [5, 5.41) is 11.6. The Hall–Kier alpha value is -1.60. The highest BCUT2D eigenvalue weighted by molar-refractivity contribution is 9.11. The predicted octanol–water partition coefficient (Wildman–Crippen LogP) is 3.01. The van der Waals surface area contributed by atoms with Gasteiger partial charge >= 0.3 is 5.97 Å². The van der Waals surface area contributed by atoms with E-state index in [-0.39, 0.29) is 18.1 Å². The van der Waals surface area contributed by atoms with Crippen molar-refractivity contribution in [2.75, 3.05) is 6.54 Å². The Bertz CT molecular complexity index is 662. The maximum Gasteiger partial charge on any atom is 0.311 e. The molecule has 2 heterocycles. The molecule has 1 amide bonds. The van der Waals surface area contributed by atoms with Crippen molar-refractivity contribution >= 4 is 39.1 Å². The molecule has 2 aromatic heterocycles. The summed E-state index contributed by atoms with van der Waals surface area (Å²) in [7, 11) is 0. The number of carboxylic acid groups (broad SMARTS) is 1. The van der Waals surface area contributed by atoms with E-state index in [4.69, 9.17) is 9.52 Å². The highest BCUT2D eigenvalue weighted by atomic mass is 79.9. The molecule has 2 N–H and O–H groups in total. The van der Waals surface area contributed by atoms with Crippen molar-refractivity contribution in [3.8, 4) is 0 Å². The molecule has 0 radical (unpaired) electrons. The van der Waals surface area contributed by atoms with Gasteiger partial charge in [-0.1, -0.05) is 0 Å². The first-order chi connectivity index (χ1) is 9.97. The van der Waals surface area contributed by atoms with Crippen LogP contribution in [-0.2, 0) is 17.6 Å². The van der Waals surface area contributed by atoms with Crippen LogP contribution in [0.2, 0.25) is 0 Å². The van der Waals surface area contributed by atoms with E-state index >= 15 is 0 Å². The van der Waals surface area contributed by atoms with Crippen LogP contribution in [0.4, 0.5) is 0 Å². The van der Waals surface area contributed by atoms with Gasteiger partial charge in [-0.25, -0.2) is 0 Å². The summed E-state index contributed by atoms with van der Waals surface area (Å²) in [4.78, 5) is 24.1. The van der Waals surface area contributed by atoms with E-state index in [9.17, 15) is 9.59 Å². The Balaban J connectivity index is 1.96. The summed E-state index contributed by atoms with van der Waals surface area (Å²) in [5.74, 6) is -1.13. The van der Waals surface area contributed by atoms with E-state index < -0.39 is 5.97 Å². The number of rotatable bonds is 6. The molecule has 0 saturated carbocycles. The fourth-order valence-electron chi connectivity index (χ4n) is 1.94. The molecule has 7 heteroatoms. The largest absolute Gasteiger partial charge is 0.481 e. The number of carbonyl (C=O) groups is 2. The van der Waals surface area contributed by atoms with Crippen LogP contribution in [0.1, 0.15) is 26.6 Å². The molecule has 0 aliphatic rings. The highest BCUT2D eigenvalue weighted by Crippen LogP contribution is 2.22. The third-order valence-corrected chi connectivity index (χ3v) is 4.56. The number of carbonyl (C=O) groups excluding carboxylic acids is 1. The van der Waals surface area contributed by atoms with E-state index in [2.05, 4.69) is 21.2 Å². The maximum absolute atomic E-state index is 12.2. The van der Waals surface area contributed by atoms with Gasteiger partial charge in [0.05, 0.1) is 15.6 Å². The van der Waals surface area contributed by atoms with Gasteiger partial charge in [0, 0.05) is 17.0 Å². The molecule has 112 valence electrons. The summed E-state index contributed by atoms with van der Waals surface area (Å²) >= 11 is 5.01. The van der Waals surface area contributed by atoms with Gasteiger partial charge in [-0.15, -0.1) is 11.3 Å². The fourth-order valence-corrected chi connectivity index (χ4v) is 3.43. The minimum absolute atomic E-state index is 0.191. The van der Waals surface area contributed by atoms with Crippen LogP contribution in [0.3, 0.4) is 0 Å². The normalized spacial score (nSPS) is 10.6. The molecule has 2 rings (SSSR count). The van der Waals surface area contributed by atoms with Crippen LogP contribution in [0.5, 0.6) is 0 Å². The van der Waals surface area contributed by atoms with Crippen LogP contribution < -0.4 is 5.32 Å². The fraction of sp³-hybridized carbons (Fsp3) is 0.286. The van der Waals surface area contributed by atoms with Crippen molar-refractivity contribution in [1.29, 1.82) is 0 Å². The Morgan fingerprint density at radius 3 is 2.81 bits per heavy atom. The summed E-state index contributed by atoms with van der Waals surface area (Å²) in [6.07, 6.45) is 1.84. The first kappa shape index (κ1) is 15.8. The highest BCUT2D eigenvalue weighted by Gasteiger charge is 2.20. The molecule has 5 nitrogen and oxygen atoms in total. The molecule has 21 heavy (non-hydrogen) atoms. The number of thiophene rings is 1. The standard InChI is InChI=1S/C14H14BrNO4S/c1-8-7-20-10(6-12(17)18)13(8)14(19)16-5-4-9-2-3-11(15)21-9/h2-3,7H,4-6H2,1H3,(H,16,19)(H,17,18). The molecular formula is C14H14BrNO4S. The number of amides is 1. The lowest BCUT2D eigenvalue weighted by atomic mass is 10.1. The number of nitrogens with one attached hydrogen (secondary N) is 1. The number of aryl methyl sites for hydroxylation is 1. The molecule has 0 bridgehead atoms. The number of furan rings is 1. The zero-order valence-corrected chi connectivity index (χ0v) is 13.7. The average Bonchev–Trinajstić information content (AvgIpc) is 2.95. The van der Waals surface area contributed by atoms with Crippen molar-refractivity contribution in [3.63, 3.8) is 0 Å². The molecule has 0 aliphatic heterocycles. The second kappa shape index (κ2) is 6.91. The van der Waals surface area contributed by atoms with Gasteiger partial charge in [0.1, 0.15) is 12.2 Å². The Kier molecular flexibility index (Phi) is 5.19. The first-order valence-corrected chi connectivity index (χ1v) is 7.89. The predicted molar refractivity (Wildman–Crippen MR) is 82.8 cm³/mol. The van der Waals surface area contributed by atoms with E-state index in [1.807, 2.05) is 12.1 Å². The molecule has 0 atom stereocenters. The van der Waals surface area contributed by atoms with Crippen molar-refractivity contribution in [2.45, 2.75) is 19.8 Å². The van der Waals surface area contributed by atoms with Gasteiger partial charge in [0.15, 0.2) is 0 Å². The molecule has 0 fully saturated rings. The van der Waals surface area contributed by atoms with E-state index in [1.54, 1.807) is 18.3 Å².